The van der Waals surface area contributed by atoms with Crippen LogP contribution in [0, 0.1) is 0 Å². The van der Waals surface area contributed by atoms with Crippen LogP contribution in [-0.4, -0.2) is 39.7 Å². The molecule has 1 fully saturated rings. The number of carbonyl (C=O) groups excluding carboxylic acids is 3. The molecule has 128 valence electrons. The van der Waals surface area contributed by atoms with Crippen LogP contribution < -0.4 is 0 Å². The Hall–Kier alpha value is -2.80. The molecule has 0 radical (unpaired) electrons. The van der Waals surface area contributed by atoms with Crippen LogP contribution in [0.2, 0.25) is 0 Å². The quantitative estimate of drug-likeness (QED) is 0.622. The molecule has 0 bridgehead atoms. The maximum Gasteiger partial charge on any atom is 0.328 e. The summed E-state index contributed by atoms with van der Waals surface area (Å²) >= 11 is 0.818. The van der Waals surface area contributed by atoms with E-state index in [1.165, 1.54) is 14.0 Å². The first-order valence-corrected chi connectivity index (χ1v) is 8.42. The highest BCUT2D eigenvalue weighted by Gasteiger charge is 2.41. The maximum absolute atomic E-state index is 12.6. The van der Waals surface area contributed by atoms with Crippen molar-refractivity contribution >= 4 is 35.0 Å². The number of para-hydroxylation sites is 1. The molecule has 7 heteroatoms. The summed E-state index contributed by atoms with van der Waals surface area (Å²) < 4.78 is 6.54. The van der Waals surface area contributed by atoms with Crippen molar-refractivity contribution in [2.75, 3.05) is 7.11 Å². The number of imide groups is 1. The third-order valence-electron chi connectivity index (χ3n) is 3.85. The Morgan fingerprint density at radius 2 is 1.88 bits per heavy atom. The number of ether oxygens (including phenoxy) is 1. The second kappa shape index (κ2) is 6.98. The maximum atomic E-state index is 12.6. The van der Waals surface area contributed by atoms with Crippen molar-refractivity contribution in [2.45, 2.75) is 13.0 Å². The number of nitrogens with zero attached hydrogens (tertiary/aromatic N) is 2. The number of thioether (sulfide) groups is 1. The van der Waals surface area contributed by atoms with Crippen molar-refractivity contribution in [3.05, 3.63) is 59.3 Å². The van der Waals surface area contributed by atoms with Crippen molar-refractivity contribution in [1.29, 1.82) is 0 Å². The zero-order valence-electron chi connectivity index (χ0n) is 13.7. The molecule has 2 heterocycles. The van der Waals surface area contributed by atoms with Gasteiger partial charge in [-0.25, -0.2) is 4.79 Å². The Bertz CT molecular complexity index is 857. The summed E-state index contributed by atoms with van der Waals surface area (Å²) in [5.41, 5.74) is 1.71. The highest BCUT2D eigenvalue weighted by molar-refractivity contribution is 8.18. The minimum atomic E-state index is -0.954. The first-order chi connectivity index (χ1) is 12.0. The first-order valence-electron chi connectivity index (χ1n) is 7.60. The lowest BCUT2D eigenvalue weighted by molar-refractivity contribution is -0.148. The van der Waals surface area contributed by atoms with Gasteiger partial charge in [0.15, 0.2) is 0 Å². The molecule has 0 aliphatic carbocycles. The predicted molar refractivity (Wildman–Crippen MR) is 95.1 cm³/mol. The second-order valence-electron chi connectivity index (χ2n) is 5.39. The van der Waals surface area contributed by atoms with Crippen molar-refractivity contribution in [1.82, 2.24) is 9.47 Å². The summed E-state index contributed by atoms with van der Waals surface area (Å²) in [5.74, 6) is -1.12. The van der Waals surface area contributed by atoms with Gasteiger partial charge in [-0.05, 0) is 49.0 Å². The molecule has 1 atom stereocenters. The second-order valence-corrected chi connectivity index (χ2v) is 6.38. The summed E-state index contributed by atoms with van der Waals surface area (Å²) in [6.45, 7) is 1.47. The van der Waals surface area contributed by atoms with Crippen molar-refractivity contribution in [3.63, 3.8) is 0 Å². The third kappa shape index (κ3) is 3.23. The number of aromatic nitrogens is 1. The van der Waals surface area contributed by atoms with Gasteiger partial charge in [0.25, 0.3) is 11.1 Å². The van der Waals surface area contributed by atoms with Gasteiger partial charge in [0, 0.05) is 17.6 Å². The van der Waals surface area contributed by atoms with Crippen LogP contribution in [0.4, 0.5) is 4.79 Å². The molecule has 6 nitrogen and oxygen atoms in total. The fourth-order valence-corrected chi connectivity index (χ4v) is 3.45. The summed E-state index contributed by atoms with van der Waals surface area (Å²) in [5, 5.41) is -0.480. The third-order valence-corrected chi connectivity index (χ3v) is 4.73. The van der Waals surface area contributed by atoms with Crippen LogP contribution in [0.3, 0.4) is 0 Å². The topological polar surface area (TPSA) is 68.6 Å². The average molecular weight is 356 g/mol. The number of methoxy groups -OCH3 is 1. The van der Waals surface area contributed by atoms with E-state index in [9.17, 15) is 14.4 Å². The molecule has 1 aliphatic heterocycles. The lowest BCUT2D eigenvalue weighted by atomic mass is 10.2. The van der Waals surface area contributed by atoms with E-state index in [1.807, 2.05) is 53.2 Å². The minimum absolute atomic E-state index is 0.275. The fourth-order valence-electron chi connectivity index (χ4n) is 2.56. The van der Waals surface area contributed by atoms with Crippen molar-refractivity contribution in [2.24, 2.45) is 0 Å². The molecule has 0 spiro atoms. The van der Waals surface area contributed by atoms with Crippen LogP contribution in [0.1, 0.15) is 12.6 Å². The number of carbonyl (C=O) groups is 3. The summed E-state index contributed by atoms with van der Waals surface area (Å²) in [6.07, 6.45) is 3.53. The number of amides is 2. The van der Waals surface area contributed by atoms with Gasteiger partial charge in [-0.3, -0.25) is 14.5 Å². The van der Waals surface area contributed by atoms with E-state index >= 15 is 0 Å². The summed E-state index contributed by atoms with van der Waals surface area (Å²) in [6, 6.07) is 12.4. The minimum Gasteiger partial charge on any atom is -0.467 e. The molecule has 2 amide bonds. The van der Waals surface area contributed by atoms with Gasteiger partial charge >= 0.3 is 5.97 Å². The lowest BCUT2D eigenvalue weighted by Gasteiger charge is -2.18. The molecule has 1 aromatic heterocycles. The molecule has 0 saturated carbocycles. The van der Waals surface area contributed by atoms with E-state index in [-0.39, 0.29) is 4.91 Å². The van der Waals surface area contributed by atoms with Gasteiger partial charge in [-0.15, -0.1) is 0 Å². The Balaban J connectivity index is 1.92. The summed E-state index contributed by atoms with van der Waals surface area (Å²) in [7, 11) is 1.22. The van der Waals surface area contributed by atoms with Crippen molar-refractivity contribution < 1.29 is 19.1 Å². The Labute approximate surface area is 149 Å². The van der Waals surface area contributed by atoms with E-state index < -0.39 is 23.2 Å². The van der Waals surface area contributed by atoms with Gasteiger partial charge in [0.05, 0.1) is 12.0 Å². The molecule has 0 N–H and O–H groups in total. The predicted octanol–water partition coefficient (Wildman–Crippen LogP) is 3.08. The van der Waals surface area contributed by atoms with Crippen LogP contribution in [0.15, 0.2) is 53.6 Å². The van der Waals surface area contributed by atoms with E-state index in [2.05, 4.69) is 4.74 Å². The van der Waals surface area contributed by atoms with Gasteiger partial charge < -0.3 is 9.30 Å². The molecule has 25 heavy (non-hydrogen) atoms. The number of hydrogen-bond acceptors (Lipinski definition) is 5. The van der Waals surface area contributed by atoms with Crippen molar-refractivity contribution in [3.8, 4) is 5.69 Å². The molecule has 1 saturated heterocycles. The summed E-state index contributed by atoms with van der Waals surface area (Å²) in [4.78, 5) is 37.6. The van der Waals surface area contributed by atoms with Crippen LogP contribution in [0.5, 0.6) is 0 Å². The highest BCUT2D eigenvalue weighted by atomic mass is 32.2. The molecule has 3 rings (SSSR count). The Morgan fingerprint density at radius 3 is 2.56 bits per heavy atom. The van der Waals surface area contributed by atoms with Crippen LogP contribution in [0.25, 0.3) is 11.8 Å². The molecular formula is C18H16N2O4S. The van der Waals surface area contributed by atoms with E-state index in [0.29, 0.717) is 0 Å². The normalized spacial score (nSPS) is 17.2. The fraction of sp³-hybridized carbons (Fsp3) is 0.167. The van der Waals surface area contributed by atoms with Crippen LogP contribution >= 0.6 is 11.8 Å². The number of hydrogen-bond donors (Lipinski definition) is 0. The molecule has 2 aromatic rings. The highest BCUT2D eigenvalue weighted by Crippen LogP contribution is 2.34. The van der Waals surface area contributed by atoms with E-state index in [4.69, 9.17) is 0 Å². The number of esters is 1. The Kier molecular flexibility index (Phi) is 4.76. The number of benzene rings is 1. The smallest absolute Gasteiger partial charge is 0.328 e. The van der Waals surface area contributed by atoms with E-state index in [0.717, 1.165) is 28.0 Å². The largest absolute Gasteiger partial charge is 0.467 e. The molecule has 1 unspecified atom stereocenters. The molecule has 1 aliphatic rings. The zero-order chi connectivity index (χ0) is 18.0. The van der Waals surface area contributed by atoms with Gasteiger partial charge in [-0.2, -0.15) is 0 Å². The molecular weight excluding hydrogens is 340 g/mol. The average Bonchev–Trinajstić information content (AvgIpc) is 3.19. The zero-order valence-corrected chi connectivity index (χ0v) is 14.5. The van der Waals surface area contributed by atoms with Gasteiger partial charge in [0.1, 0.15) is 6.04 Å². The first kappa shape index (κ1) is 17.0. The standard InChI is InChI=1S/C18H16N2O4S/c1-12(17(22)24-2)20-16(21)15(25-18(20)23)11-14-9-6-10-19(14)13-7-4-3-5-8-13/h3-12H,1-2H3/b15-11+. The van der Waals surface area contributed by atoms with Gasteiger partial charge in [-0.1, -0.05) is 18.2 Å². The van der Waals surface area contributed by atoms with Gasteiger partial charge in [0.2, 0.25) is 0 Å². The van der Waals surface area contributed by atoms with E-state index in [1.54, 1.807) is 6.08 Å². The SMILES string of the molecule is COC(=O)C(C)N1C(=O)S/C(=C/c2cccn2-c2ccccc2)C1=O. The molecule has 1 aromatic carbocycles. The number of rotatable bonds is 4. The Morgan fingerprint density at radius 1 is 1.16 bits per heavy atom. The lowest BCUT2D eigenvalue weighted by Crippen LogP contribution is -2.42. The van der Waals surface area contributed by atoms with Crippen LogP contribution in [-0.2, 0) is 14.3 Å². The monoisotopic (exact) mass is 356 g/mol.